The Morgan fingerprint density at radius 3 is 2.47 bits per heavy atom. The quantitative estimate of drug-likeness (QED) is 0.530. The van der Waals surface area contributed by atoms with Gasteiger partial charge in [-0.3, -0.25) is 4.52 Å². The fourth-order valence-corrected chi connectivity index (χ4v) is 2.76. The van der Waals surface area contributed by atoms with Crippen LogP contribution in [0.3, 0.4) is 0 Å². The Morgan fingerprint density at radius 1 is 1.35 bits per heavy atom. The Hall–Kier alpha value is -0.630. The van der Waals surface area contributed by atoms with Crippen LogP contribution in [-0.4, -0.2) is 4.86 Å². The Labute approximate surface area is 110 Å². The molecule has 0 saturated heterocycles. The van der Waals surface area contributed by atoms with Gasteiger partial charge in [-0.15, -0.1) is 0 Å². The summed E-state index contributed by atoms with van der Waals surface area (Å²) in [4.78, 5) is 0.800. The van der Waals surface area contributed by atoms with Crippen LogP contribution in [0.5, 0.6) is 0 Å². The lowest BCUT2D eigenvalue weighted by molar-refractivity contribution is 0.149. The molecule has 1 rings (SSSR count). The first kappa shape index (κ1) is 14.4. The maximum atomic E-state index is 10.9. The van der Waals surface area contributed by atoms with Gasteiger partial charge in [0.2, 0.25) is 0 Å². The second-order valence-electron chi connectivity index (χ2n) is 3.89. The summed E-state index contributed by atoms with van der Waals surface area (Å²) in [6.45, 7) is 4.07. The highest BCUT2D eigenvalue weighted by molar-refractivity contribution is 7.80. The van der Waals surface area contributed by atoms with Crippen molar-refractivity contribution in [3.63, 3.8) is 0 Å². The summed E-state index contributed by atoms with van der Waals surface area (Å²) in [7, 11) is -0.324. The van der Waals surface area contributed by atoms with E-state index >= 15 is 0 Å². The molecule has 0 amide bonds. The Kier molecular flexibility index (Phi) is 5.90. The molecule has 2 nitrogen and oxygen atoms in total. The maximum Gasteiger partial charge on any atom is 0.328 e. The van der Waals surface area contributed by atoms with Crippen molar-refractivity contribution in [2.24, 2.45) is 0 Å². The molecule has 0 aliphatic heterocycles. The van der Waals surface area contributed by atoms with Gasteiger partial charge >= 0.3 is 8.69 Å². The van der Waals surface area contributed by atoms with E-state index in [0.717, 1.165) is 29.7 Å². The highest BCUT2D eigenvalue weighted by atomic mass is 32.1. The van der Waals surface area contributed by atoms with Crippen molar-refractivity contribution in [1.29, 1.82) is 0 Å². The number of hydrogen-bond donors (Lipinski definition) is 0. The molecule has 0 radical (unpaired) electrons. The molecule has 0 aliphatic carbocycles. The lowest BCUT2D eigenvalue weighted by Gasteiger charge is -2.31. The van der Waals surface area contributed by atoms with Crippen LogP contribution < -0.4 is 0 Å². The topological polar surface area (TPSA) is 26.3 Å². The molecule has 0 N–H and O–H groups in total. The molecule has 17 heavy (non-hydrogen) atoms. The summed E-state index contributed by atoms with van der Waals surface area (Å²) in [5.41, 5.74) is 0.292. The molecule has 92 valence electrons. The van der Waals surface area contributed by atoms with Crippen molar-refractivity contribution in [1.82, 2.24) is 0 Å². The van der Waals surface area contributed by atoms with Crippen LogP contribution in [0.1, 0.15) is 38.7 Å². The second-order valence-corrected chi connectivity index (χ2v) is 4.71. The number of rotatable bonds is 7. The van der Waals surface area contributed by atoms with Gasteiger partial charge in [0.15, 0.2) is 0 Å². The first-order valence-electron chi connectivity index (χ1n) is 5.81. The first-order chi connectivity index (χ1) is 8.21. The van der Waals surface area contributed by atoms with E-state index in [-0.39, 0.29) is 8.69 Å². The SMILES string of the molecule is CCCC(OP=O)(C(=S)CC)c1ccccc1. The average molecular weight is 268 g/mol. The Morgan fingerprint density at radius 2 is 2.00 bits per heavy atom. The zero-order valence-corrected chi connectivity index (χ0v) is 11.9. The van der Waals surface area contributed by atoms with Gasteiger partial charge in [-0.2, -0.15) is 0 Å². The summed E-state index contributed by atoms with van der Waals surface area (Å²) in [5.74, 6) is 0. The van der Waals surface area contributed by atoms with Gasteiger partial charge in [0.1, 0.15) is 5.60 Å². The predicted molar refractivity (Wildman–Crippen MR) is 74.6 cm³/mol. The Balaban J connectivity index is 3.23. The molecule has 1 atom stereocenters. The normalized spacial score (nSPS) is 14.5. The van der Waals surface area contributed by atoms with Crippen molar-refractivity contribution < 1.29 is 9.09 Å². The van der Waals surface area contributed by atoms with E-state index in [9.17, 15) is 4.57 Å². The highest BCUT2D eigenvalue weighted by Gasteiger charge is 2.36. The van der Waals surface area contributed by atoms with Gasteiger partial charge in [0.25, 0.3) is 0 Å². The maximum absolute atomic E-state index is 10.9. The van der Waals surface area contributed by atoms with E-state index < -0.39 is 5.60 Å². The van der Waals surface area contributed by atoms with Crippen molar-refractivity contribution in [3.8, 4) is 0 Å². The highest BCUT2D eigenvalue weighted by Crippen LogP contribution is 2.37. The summed E-state index contributed by atoms with van der Waals surface area (Å²) >= 11 is 5.43. The van der Waals surface area contributed by atoms with Gasteiger partial charge in [-0.25, -0.2) is 4.57 Å². The van der Waals surface area contributed by atoms with Gasteiger partial charge in [-0.1, -0.05) is 62.8 Å². The lowest BCUT2D eigenvalue weighted by Crippen LogP contribution is -2.35. The molecule has 0 fully saturated rings. The van der Waals surface area contributed by atoms with E-state index in [2.05, 4.69) is 6.92 Å². The molecule has 0 heterocycles. The molecule has 0 saturated carbocycles. The van der Waals surface area contributed by atoms with Crippen LogP contribution >= 0.6 is 20.9 Å². The molecular formula is C13H17O2PS. The van der Waals surface area contributed by atoms with Crippen LogP contribution in [0.15, 0.2) is 30.3 Å². The standard InChI is InChI=1S/C13H17O2PS/c1-3-10-13(15-16-14,12(17)4-2)11-8-6-5-7-9-11/h5-9H,3-4,10H2,1-2H3. The molecule has 0 bridgehead atoms. The number of thiocarbonyl (C=S) groups is 1. The molecule has 4 heteroatoms. The fraction of sp³-hybridized carbons (Fsp3) is 0.462. The van der Waals surface area contributed by atoms with Crippen LogP contribution in [0.25, 0.3) is 0 Å². The second kappa shape index (κ2) is 6.95. The number of benzene rings is 1. The third-order valence-electron chi connectivity index (χ3n) is 2.81. The molecule has 1 aromatic carbocycles. The fourth-order valence-electron chi connectivity index (χ4n) is 2.00. The smallest absolute Gasteiger partial charge is 0.277 e. The zero-order chi connectivity index (χ0) is 12.7. The van der Waals surface area contributed by atoms with Gasteiger partial charge < -0.3 is 0 Å². The van der Waals surface area contributed by atoms with Gasteiger partial charge in [0, 0.05) is 4.86 Å². The largest absolute Gasteiger partial charge is 0.328 e. The minimum atomic E-state index is -0.691. The third-order valence-corrected chi connectivity index (χ3v) is 3.81. The van der Waals surface area contributed by atoms with E-state index in [1.165, 1.54) is 0 Å². The van der Waals surface area contributed by atoms with Crippen molar-refractivity contribution in [2.45, 2.75) is 38.7 Å². The van der Waals surface area contributed by atoms with E-state index in [1.54, 1.807) is 0 Å². The lowest BCUT2D eigenvalue weighted by atomic mass is 9.85. The molecule has 0 spiro atoms. The van der Waals surface area contributed by atoms with Crippen molar-refractivity contribution in [2.75, 3.05) is 0 Å². The van der Waals surface area contributed by atoms with E-state index in [4.69, 9.17) is 16.7 Å². The van der Waals surface area contributed by atoms with Gasteiger partial charge in [0.05, 0.1) is 0 Å². The summed E-state index contributed by atoms with van der Waals surface area (Å²) in [6, 6.07) is 9.79. The Bertz CT molecular complexity index is 380. The van der Waals surface area contributed by atoms with Crippen LogP contribution in [0, 0.1) is 0 Å². The van der Waals surface area contributed by atoms with Crippen molar-refractivity contribution >= 4 is 25.8 Å². The molecule has 1 aromatic rings. The van der Waals surface area contributed by atoms with E-state index in [1.807, 2.05) is 37.3 Å². The summed E-state index contributed by atoms with van der Waals surface area (Å²) in [5, 5.41) is 0. The van der Waals surface area contributed by atoms with Crippen molar-refractivity contribution in [3.05, 3.63) is 35.9 Å². The minimum Gasteiger partial charge on any atom is -0.277 e. The van der Waals surface area contributed by atoms with Crippen LogP contribution in [-0.2, 0) is 14.7 Å². The molecular weight excluding hydrogens is 251 g/mol. The summed E-state index contributed by atoms with van der Waals surface area (Å²) in [6.07, 6.45) is 2.41. The monoisotopic (exact) mass is 268 g/mol. The molecule has 0 aliphatic rings. The summed E-state index contributed by atoms with van der Waals surface area (Å²) < 4.78 is 16.4. The predicted octanol–water partition coefficient (Wildman–Crippen LogP) is 4.69. The van der Waals surface area contributed by atoms with E-state index in [0.29, 0.717) is 0 Å². The minimum absolute atomic E-state index is 0.324. The van der Waals surface area contributed by atoms with Crippen LogP contribution in [0.4, 0.5) is 0 Å². The third kappa shape index (κ3) is 3.19. The number of hydrogen-bond acceptors (Lipinski definition) is 3. The first-order valence-corrected chi connectivity index (χ1v) is 6.94. The average Bonchev–Trinajstić information content (AvgIpc) is 2.38. The van der Waals surface area contributed by atoms with Crippen LogP contribution in [0.2, 0.25) is 0 Å². The zero-order valence-electron chi connectivity index (χ0n) is 10.2. The molecule has 0 aromatic heterocycles. The molecule has 1 unspecified atom stereocenters. The van der Waals surface area contributed by atoms with Gasteiger partial charge in [-0.05, 0) is 18.4 Å².